The molecule has 0 aliphatic rings. The number of hydrogen-bond acceptors (Lipinski definition) is 6. The molecular weight excluding hydrogens is 430 g/mol. The van der Waals surface area contributed by atoms with Crippen LogP contribution in [0.15, 0.2) is 84.0 Å². The number of carbonyl (C=O) groups excluding carboxylic acids is 2. The van der Waals surface area contributed by atoms with Gasteiger partial charge in [-0.3, -0.25) is 19.7 Å². The first-order valence-corrected chi connectivity index (χ1v) is 10.4. The molecule has 10 heteroatoms. The minimum absolute atomic E-state index is 0.0853. The molecule has 0 fully saturated rings. The second-order valence-corrected chi connectivity index (χ2v) is 7.80. The summed E-state index contributed by atoms with van der Waals surface area (Å²) in [7, 11) is 0. The Balaban J connectivity index is 1.60. The van der Waals surface area contributed by atoms with Crippen LogP contribution in [0.4, 0.5) is 17.1 Å². The highest BCUT2D eigenvalue weighted by atomic mass is 32.2. The summed E-state index contributed by atoms with van der Waals surface area (Å²) >= 11 is 0.923. The molecule has 3 N–H and O–H groups in total. The van der Waals surface area contributed by atoms with Crippen molar-refractivity contribution >= 4 is 51.7 Å². The van der Waals surface area contributed by atoms with Gasteiger partial charge >= 0.3 is 0 Å². The fraction of sp³-hybridized carbons (Fsp3) is 0.0455. The summed E-state index contributed by atoms with van der Waals surface area (Å²) in [5.41, 5.74) is 1.95. The standard InChI is InChI=1S/C22H17N5O4S/c28-20(23-14-7-3-1-4-8-14)19(21(29)24-15-9-5-2-6-10-15)32-22-25-17-12-11-16(27(30)31)13-18(17)26-22/h1-13,19H,(H,23,28)(H,24,29)(H,25,26). The summed E-state index contributed by atoms with van der Waals surface area (Å²) < 4.78 is 0. The smallest absolute Gasteiger partial charge is 0.271 e. The van der Waals surface area contributed by atoms with E-state index in [2.05, 4.69) is 20.6 Å². The summed E-state index contributed by atoms with van der Waals surface area (Å²) in [6, 6.07) is 21.8. The minimum atomic E-state index is -1.18. The van der Waals surface area contributed by atoms with Crippen LogP contribution in [-0.4, -0.2) is 32.0 Å². The first-order valence-electron chi connectivity index (χ1n) is 9.52. The second-order valence-electron chi connectivity index (χ2n) is 6.71. The van der Waals surface area contributed by atoms with Crippen molar-refractivity contribution < 1.29 is 14.5 Å². The monoisotopic (exact) mass is 447 g/mol. The molecule has 9 nitrogen and oxygen atoms in total. The van der Waals surface area contributed by atoms with Gasteiger partial charge in [0, 0.05) is 23.5 Å². The Kier molecular flexibility index (Phi) is 6.13. The number of non-ortho nitro benzene ring substituents is 1. The lowest BCUT2D eigenvalue weighted by atomic mass is 10.2. The van der Waals surface area contributed by atoms with E-state index in [4.69, 9.17) is 0 Å². The SMILES string of the molecule is O=C(Nc1ccccc1)C(Sc1nc2ccc([N+](=O)[O-])cc2[nH]1)C(=O)Nc1ccccc1. The van der Waals surface area contributed by atoms with Crippen molar-refractivity contribution in [2.45, 2.75) is 10.4 Å². The third-order valence-corrected chi connectivity index (χ3v) is 5.52. The van der Waals surface area contributed by atoms with Crippen LogP contribution in [0.2, 0.25) is 0 Å². The van der Waals surface area contributed by atoms with E-state index in [0.717, 1.165) is 11.8 Å². The van der Waals surface area contributed by atoms with Crippen molar-refractivity contribution in [1.29, 1.82) is 0 Å². The van der Waals surface area contributed by atoms with Gasteiger partial charge in [-0.15, -0.1) is 0 Å². The van der Waals surface area contributed by atoms with Gasteiger partial charge in [-0.1, -0.05) is 48.2 Å². The largest absolute Gasteiger partial charge is 0.333 e. The van der Waals surface area contributed by atoms with Crippen molar-refractivity contribution in [2.24, 2.45) is 0 Å². The molecule has 0 unspecified atom stereocenters. The number of nitro groups is 1. The summed E-state index contributed by atoms with van der Waals surface area (Å²) in [6.45, 7) is 0. The molecule has 4 rings (SSSR count). The average molecular weight is 447 g/mol. The number of anilines is 2. The number of carbonyl (C=O) groups is 2. The van der Waals surface area contributed by atoms with Crippen LogP contribution in [0.5, 0.6) is 0 Å². The second kappa shape index (κ2) is 9.31. The Morgan fingerprint density at radius 1 is 0.906 bits per heavy atom. The lowest BCUT2D eigenvalue weighted by Crippen LogP contribution is -2.36. The van der Waals surface area contributed by atoms with Gasteiger partial charge < -0.3 is 15.6 Å². The first-order chi connectivity index (χ1) is 15.5. The lowest BCUT2D eigenvalue weighted by Gasteiger charge is -2.15. The van der Waals surface area contributed by atoms with Gasteiger partial charge in [-0.25, -0.2) is 4.98 Å². The predicted octanol–water partition coefficient (Wildman–Crippen LogP) is 4.21. The van der Waals surface area contributed by atoms with Crippen LogP contribution < -0.4 is 10.6 Å². The summed E-state index contributed by atoms with van der Waals surface area (Å²) in [6.07, 6.45) is 0. The van der Waals surface area contributed by atoms with Crippen molar-refractivity contribution in [3.05, 3.63) is 89.0 Å². The number of fused-ring (bicyclic) bond motifs is 1. The number of nitrogens with one attached hydrogen (secondary N) is 3. The van der Waals surface area contributed by atoms with Crippen LogP contribution >= 0.6 is 11.8 Å². The average Bonchev–Trinajstić information content (AvgIpc) is 3.20. The molecule has 0 bridgehead atoms. The van der Waals surface area contributed by atoms with Crippen molar-refractivity contribution in [1.82, 2.24) is 9.97 Å². The number of aromatic amines is 1. The van der Waals surface area contributed by atoms with Crippen molar-refractivity contribution in [3.63, 3.8) is 0 Å². The molecule has 1 heterocycles. The number of hydrogen-bond donors (Lipinski definition) is 3. The number of H-pyrrole nitrogens is 1. The molecule has 2 amide bonds. The Morgan fingerprint density at radius 3 is 2.00 bits per heavy atom. The highest BCUT2D eigenvalue weighted by Crippen LogP contribution is 2.27. The van der Waals surface area contributed by atoms with Crippen LogP contribution in [0, 0.1) is 10.1 Å². The lowest BCUT2D eigenvalue weighted by molar-refractivity contribution is -0.384. The van der Waals surface area contributed by atoms with Crippen molar-refractivity contribution in [2.75, 3.05) is 10.6 Å². The van der Waals surface area contributed by atoms with Gasteiger partial charge in [0.2, 0.25) is 11.8 Å². The van der Waals surface area contributed by atoms with Gasteiger partial charge in [-0.05, 0) is 30.3 Å². The molecule has 1 aromatic heterocycles. The van der Waals surface area contributed by atoms with E-state index in [1.807, 2.05) is 12.1 Å². The van der Waals surface area contributed by atoms with E-state index in [1.54, 1.807) is 48.5 Å². The highest BCUT2D eigenvalue weighted by Gasteiger charge is 2.30. The molecule has 32 heavy (non-hydrogen) atoms. The maximum absolute atomic E-state index is 13.0. The number of thioether (sulfide) groups is 1. The number of nitrogens with zero attached hydrogens (tertiary/aromatic N) is 2. The number of amides is 2. The number of aromatic nitrogens is 2. The first kappa shape index (κ1) is 21.1. The molecule has 0 saturated carbocycles. The number of imidazole rings is 1. The molecule has 0 atom stereocenters. The fourth-order valence-corrected chi connectivity index (χ4v) is 3.82. The molecular formula is C22H17N5O4S. The summed E-state index contributed by atoms with van der Waals surface area (Å²) in [4.78, 5) is 43.8. The van der Waals surface area contributed by atoms with E-state index >= 15 is 0 Å². The van der Waals surface area contributed by atoms with Gasteiger partial charge in [0.15, 0.2) is 10.4 Å². The molecule has 4 aromatic rings. The van der Waals surface area contributed by atoms with Crippen LogP contribution in [0.1, 0.15) is 0 Å². The fourth-order valence-electron chi connectivity index (χ4n) is 2.94. The van der Waals surface area contributed by atoms with Gasteiger partial charge in [0.1, 0.15) is 0 Å². The summed E-state index contributed by atoms with van der Waals surface area (Å²) in [5.74, 6) is -1.05. The van der Waals surface area contributed by atoms with E-state index in [1.165, 1.54) is 18.2 Å². The van der Waals surface area contributed by atoms with Gasteiger partial charge in [0.05, 0.1) is 16.0 Å². The third-order valence-electron chi connectivity index (χ3n) is 4.44. The number of para-hydroxylation sites is 2. The minimum Gasteiger partial charge on any atom is -0.333 e. The third kappa shape index (κ3) is 4.93. The zero-order chi connectivity index (χ0) is 22.5. The van der Waals surface area contributed by atoms with Crippen molar-refractivity contribution in [3.8, 4) is 0 Å². The molecule has 0 spiro atoms. The molecule has 3 aromatic carbocycles. The number of rotatable bonds is 7. The normalized spacial score (nSPS) is 10.8. The Labute approximate surface area is 186 Å². The zero-order valence-electron chi connectivity index (χ0n) is 16.5. The highest BCUT2D eigenvalue weighted by molar-refractivity contribution is 8.01. The van der Waals surface area contributed by atoms with Crippen LogP contribution in [0.3, 0.4) is 0 Å². The number of nitro benzene ring substituents is 1. The van der Waals surface area contributed by atoms with Gasteiger partial charge in [0.25, 0.3) is 5.69 Å². The van der Waals surface area contributed by atoms with E-state index < -0.39 is 22.0 Å². The topological polar surface area (TPSA) is 130 Å². The molecule has 160 valence electrons. The van der Waals surface area contributed by atoms with Crippen LogP contribution in [-0.2, 0) is 9.59 Å². The summed E-state index contributed by atoms with van der Waals surface area (Å²) in [5, 5.41) is 15.6. The Morgan fingerprint density at radius 2 is 1.47 bits per heavy atom. The molecule has 0 radical (unpaired) electrons. The molecule has 0 saturated heterocycles. The number of benzene rings is 3. The van der Waals surface area contributed by atoms with E-state index in [-0.39, 0.29) is 10.8 Å². The Bertz CT molecular complexity index is 1220. The molecule has 0 aliphatic carbocycles. The van der Waals surface area contributed by atoms with E-state index in [0.29, 0.717) is 22.4 Å². The van der Waals surface area contributed by atoms with E-state index in [9.17, 15) is 19.7 Å². The Hall–Kier alpha value is -4.18. The predicted molar refractivity (Wildman–Crippen MR) is 123 cm³/mol. The quantitative estimate of drug-likeness (QED) is 0.168. The molecule has 0 aliphatic heterocycles. The van der Waals surface area contributed by atoms with Gasteiger partial charge in [-0.2, -0.15) is 0 Å². The maximum atomic E-state index is 13.0. The van der Waals surface area contributed by atoms with Crippen LogP contribution in [0.25, 0.3) is 11.0 Å². The zero-order valence-corrected chi connectivity index (χ0v) is 17.3. The maximum Gasteiger partial charge on any atom is 0.271 e.